The maximum atomic E-state index is 11.0. The first kappa shape index (κ1) is 13.0. The largest absolute Gasteiger partial charge is 0.478 e. The van der Waals surface area contributed by atoms with Crippen molar-refractivity contribution in [2.24, 2.45) is 5.92 Å². The van der Waals surface area contributed by atoms with E-state index in [1.54, 1.807) is 12.1 Å². The van der Waals surface area contributed by atoms with Gasteiger partial charge in [-0.1, -0.05) is 20.8 Å². The zero-order valence-corrected chi connectivity index (χ0v) is 10.8. The second-order valence-corrected chi connectivity index (χ2v) is 5.54. The maximum Gasteiger partial charge on any atom is 0.338 e. The quantitative estimate of drug-likeness (QED) is 0.820. The molecular formula is C12H17NO2S. The van der Waals surface area contributed by atoms with Gasteiger partial charge >= 0.3 is 5.97 Å². The van der Waals surface area contributed by atoms with E-state index in [-0.39, 0.29) is 0 Å². The van der Waals surface area contributed by atoms with Crippen LogP contribution in [0.15, 0.2) is 17.2 Å². The molecule has 1 heterocycles. The fraction of sp³-hybridized carbons (Fsp3) is 0.500. The second-order valence-electron chi connectivity index (χ2n) is 4.18. The third-order valence-corrected chi connectivity index (χ3v) is 3.92. The van der Waals surface area contributed by atoms with Crippen LogP contribution < -0.4 is 0 Å². The minimum Gasteiger partial charge on any atom is -0.478 e. The number of carboxylic acid groups (broad SMARTS) is 1. The summed E-state index contributed by atoms with van der Waals surface area (Å²) in [5.41, 5.74) is 1.14. The Balaban J connectivity index is 3.01. The highest BCUT2D eigenvalue weighted by molar-refractivity contribution is 7.99. The van der Waals surface area contributed by atoms with E-state index in [1.165, 1.54) is 11.8 Å². The van der Waals surface area contributed by atoms with Crippen molar-refractivity contribution in [2.75, 3.05) is 0 Å². The Morgan fingerprint density at radius 3 is 2.50 bits per heavy atom. The Morgan fingerprint density at radius 1 is 1.38 bits per heavy atom. The summed E-state index contributed by atoms with van der Waals surface area (Å²) >= 11 is 1.53. The van der Waals surface area contributed by atoms with Gasteiger partial charge in [0.05, 0.1) is 5.56 Å². The summed E-state index contributed by atoms with van der Waals surface area (Å²) in [6, 6.07) is 3.35. The van der Waals surface area contributed by atoms with Gasteiger partial charge in [0.15, 0.2) is 0 Å². The number of hydrogen-bond donors (Lipinski definition) is 1. The van der Waals surface area contributed by atoms with Crippen molar-refractivity contribution in [3.63, 3.8) is 0 Å². The number of hydrogen-bond acceptors (Lipinski definition) is 3. The van der Waals surface area contributed by atoms with Crippen LogP contribution in [0.3, 0.4) is 0 Å². The van der Waals surface area contributed by atoms with Gasteiger partial charge in [-0.3, -0.25) is 0 Å². The maximum absolute atomic E-state index is 11.0. The highest BCUT2D eigenvalue weighted by atomic mass is 32.2. The molecule has 0 aliphatic heterocycles. The predicted octanol–water partition coefficient (Wildman–Crippen LogP) is 3.22. The molecule has 0 aromatic carbocycles. The van der Waals surface area contributed by atoms with Crippen LogP contribution in [-0.2, 0) is 0 Å². The lowest BCUT2D eigenvalue weighted by Gasteiger charge is -2.15. The smallest absolute Gasteiger partial charge is 0.338 e. The lowest BCUT2D eigenvalue weighted by Crippen LogP contribution is -2.09. The standard InChI is InChI=1S/C12H17NO2S/c1-7(2)9(4)16-11-10(12(14)15)6-5-8(3)13-11/h5-7,9H,1-4H3,(H,14,15). The van der Waals surface area contributed by atoms with Crippen molar-refractivity contribution in [1.82, 2.24) is 4.98 Å². The van der Waals surface area contributed by atoms with Crippen molar-refractivity contribution in [2.45, 2.75) is 38.0 Å². The highest BCUT2D eigenvalue weighted by Gasteiger charge is 2.16. The fourth-order valence-electron chi connectivity index (χ4n) is 1.10. The normalized spacial score (nSPS) is 12.8. The van der Waals surface area contributed by atoms with Crippen molar-refractivity contribution < 1.29 is 9.90 Å². The van der Waals surface area contributed by atoms with Gasteiger partial charge in [-0.15, -0.1) is 11.8 Å². The highest BCUT2D eigenvalue weighted by Crippen LogP contribution is 2.29. The Labute approximate surface area is 100 Å². The number of aryl methyl sites for hydroxylation is 1. The van der Waals surface area contributed by atoms with E-state index in [1.807, 2.05) is 6.92 Å². The summed E-state index contributed by atoms with van der Waals surface area (Å²) in [6.07, 6.45) is 0. The predicted molar refractivity (Wildman–Crippen MR) is 66.1 cm³/mol. The topological polar surface area (TPSA) is 50.2 Å². The Morgan fingerprint density at radius 2 is 2.00 bits per heavy atom. The Hall–Kier alpha value is -1.03. The molecule has 0 fully saturated rings. The third-order valence-electron chi connectivity index (χ3n) is 2.47. The van der Waals surface area contributed by atoms with Crippen molar-refractivity contribution in [1.29, 1.82) is 0 Å². The third kappa shape index (κ3) is 3.23. The zero-order valence-electron chi connectivity index (χ0n) is 10.0. The molecule has 88 valence electrons. The van der Waals surface area contributed by atoms with Gasteiger partial charge in [0.25, 0.3) is 0 Å². The van der Waals surface area contributed by atoms with E-state index in [2.05, 4.69) is 25.8 Å². The number of aromatic carboxylic acids is 1. The molecule has 3 nitrogen and oxygen atoms in total. The molecule has 1 rings (SSSR count). The lowest BCUT2D eigenvalue weighted by atomic mass is 10.2. The molecule has 0 saturated heterocycles. The Kier molecular flexibility index (Phi) is 4.35. The molecule has 0 aliphatic carbocycles. The van der Waals surface area contributed by atoms with Crippen LogP contribution in [-0.4, -0.2) is 21.3 Å². The molecule has 0 radical (unpaired) electrons. The van der Waals surface area contributed by atoms with Crippen molar-refractivity contribution in [3.05, 3.63) is 23.4 Å². The monoisotopic (exact) mass is 239 g/mol. The van der Waals surface area contributed by atoms with E-state index in [0.717, 1.165) is 5.69 Å². The first-order valence-electron chi connectivity index (χ1n) is 5.29. The van der Waals surface area contributed by atoms with E-state index in [4.69, 9.17) is 5.11 Å². The first-order chi connectivity index (χ1) is 7.41. The molecule has 4 heteroatoms. The molecule has 16 heavy (non-hydrogen) atoms. The van der Waals surface area contributed by atoms with Crippen LogP contribution in [0.5, 0.6) is 0 Å². The Bertz CT molecular complexity index is 391. The number of aromatic nitrogens is 1. The van der Waals surface area contributed by atoms with Crippen LogP contribution in [0.25, 0.3) is 0 Å². The van der Waals surface area contributed by atoms with Gasteiger partial charge in [0.2, 0.25) is 0 Å². The lowest BCUT2D eigenvalue weighted by molar-refractivity contribution is 0.0692. The molecule has 0 amide bonds. The summed E-state index contributed by atoms with van der Waals surface area (Å²) in [7, 11) is 0. The van der Waals surface area contributed by atoms with Gasteiger partial charge in [-0.25, -0.2) is 9.78 Å². The second kappa shape index (κ2) is 5.34. The average molecular weight is 239 g/mol. The minimum atomic E-state index is -0.911. The fourth-order valence-corrected chi connectivity index (χ4v) is 2.20. The first-order valence-corrected chi connectivity index (χ1v) is 6.17. The number of nitrogens with zero attached hydrogens (tertiary/aromatic N) is 1. The van der Waals surface area contributed by atoms with Gasteiger partial charge < -0.3 is 5.11 Å². The molecule has 0 spiro atoms. The van der Waals surface area contributed by atoms with Gasteiger partial charge in [-0.05, 0) is 25.0 Å². The van der Waals surface area contributed by atoms with Gasteiger partial charge in [-0.2, -0.15) is 0 Å². The molecule has 1 N–H and O–H groups in total. The summed E-state index contributed by atoms with van der Waals surface area (Å²) in [5.74, 6) is -0.417. The summed E-state index contributed by atoms with van der Waals surface area (Å²) < 4.78 is 0. The van der Waals surface area contributed by atoms with E-state index < -0.39 is 5.97 Å². The SMILES string of the molecule is Cc1ccc(C(=O)O)c(SC(C)C(C)C)n1. The number of carboxylic acids is 1. The molecule has 0 saturated carbocycles. The van der Waals surface area contributed by atoms with E-state index in [0.29, 0.717) is 21.8 Å². The molecule has 1 aromatic rings. The average Bonchev–Trinajstić information content (AvgIpc) is 2.16. The molecular weight excluding hydrogens is 222 g/mol. The van der Waals surface area contributed by atoms with Crippen LogP contribution in [0.1, 0.15) is 36.8 Å². The van der Waals surface area contributed by atoms with Crippen LogP contribution in [0.2, 0.25) is 0 Å². The van der Waals surface area contributed by atoms with Crippen LogP contribution in [0.4, 0.5) is 0 Å². The summed E-state index contributed by atoms with van der Waals surface area (Å²) in [5, 5.41) is 10.0. The van der Waals surface area contributed by atoms with E-state index >= 15 is 0 Å². The van der Waals surface area contributed by atoms with E-state index in [9.17, 15) is 4.79 Å². The van der Waals surface area contributed by atoms with Crippen LogP contribution in [0, 0.1) is 12.8 Å². The number of thioether (sulfide) groups is 1. The molecule has 0 aliphatic rings. The zero-order chi connectivity index (χ0) is 12.3. The van der Waals surface area contributed by atoms with Gasteiger partial charge in [0, 0.05) is 10.9 Å². The molecule has 1 aromatic heterocycles. The molecule has 0 bridgehead atoms. The van der Waals surface area contributed by atoms with Crippen LogP contribution >= 0.6 is 11.8 Å². The van der Waals surface area contributed by atoms with Crippen molar-refractivity contribution in [3.8, 4) is 0 Å². The van der Waals surface area contributed by atoms with Gasteiger partial charge in [0.1, 0.15) is 5.03 Å². The van der Waals surface area contributed by atoms with Crippen molar-refractivity contribution >= 4 is 17.7 Å². The summed E-state index contributed by atoms with van der Waals surface area (Å²) in [6.45, 7) is 8.20. The number of carbonyl (C=O) groups is 1. The number of rotatable bonds is 4. The summed E-state index contributed by atoms with van der Waals surface area (Å²) in [4.78, 5) is 15.3. The molecule has 1 atom stereocenters. The minimum absolute atomic E-state index is 0.295. The molecule has 1 unspecified atom stereocenters. The number of pyridine rings is 1.